The first-order valence-electron chi connectivity index (χ1n) is 7.61. The van der Waals surface area contributed by atoms with E-state index >= 15 is 0 Å². The molecule has 0 aliphatic heterocycles. The molecule has 28 heavy (non-hydrogen) atoms. The standard InChI is InChI=1S/C17H12F4N2O4S/c1-9-6-11(3-4-12(9)17(19,20)21)23-14(8-27-16(23)24)10-2-5-15(13(18)7-10)28(22,25)26/h2-8H,1H3,(H2,22,25,26). The molecule has 0 fully saturated rings. The predicted molar refractivity (Wildman–Crippen MR) is 90.8 cm³/mol. The molecule has 0 spiro atoms. The quantitative estimate of drug-likeness (QED) is 0.664. The Hall–Kier alpha value is -2.92. The van der Waals surface area contributed by atoms with Crippen LogP contribution in [-0.4, -0.2) is 13.0 Å². The highest BCUT2D eigenvalue weighted by Crippen LogP contribution is 2.33. The van der Waals surface area contributed by atoms with E-state index in [-0.39, 0.29) is 22.5 Å². The fraction of sp³-hybridized carbons (Fsp3) is 0.118. The van der Waals surface area contributed by atoms with E-state index < -0.39 is 38.2 Å². The van der Waals surface area contributed by atoms with Gasteiger partial charge < -0.3 is 4.42 Å². The van der Waals surface area contributed by atoms with Crippen molar-refractivity contribution in [2.24, 2.45) is 5.14 Å². The lowest BCUT2D eigenvalue weighted by atomic mass is 10.1. The normalized spacial score (nSPS) is 12.4. The smallest absolute Gasteiger partial charge is 0.415 e. The number of hydrogen-bond acceptors (Lipinski definition) is 4. The van der Waals surface area contributed by atoms with Gasteiger partial charge in [-0.25, -0.2) is 27.3 Å². The first-order valence-corrected chi connectivity index (χ1v) is 9.15. The van der Waals surface area contributed by atoms with E-state index in [0.29, 0.717) is 0 Å². The van der Waals surface area contributed by atoms with Gasteiger partial charge in [-0.3, -0.25) is 0 Å². The Morgan fingerprint density at radius 1 is 1.11 bits per heavy atom. The first kappa shape index (κ1) is 19.8. The van der Waals surface area contributed by atoms with Gasteiger partial charge >= 0.3 is 11.9 Å². The van der Waals surface area contributed by atoms with Crippen molar-refractivity contribution >= 4 is 10.0 Å². The van der Waals surface area contributed by atoms with Crippen LogP contribution in [0.5, 0.6) is 0 Å². The van der Waals surface area contributed by atoms with Crippen LogP contribution in [0.4, 0.5) is 17.6 Å². The second kappa shape index (κ2) is 6.60. The topological polar surface area (TPSA) is 95.3 Å². The molecular formula is C17H12F4N2O4S. The summed E-state index contributed by atoms with van der Waals surface area (Å²) in [5, 5.41) is 4.90. The van der Waals surface area contributed by atoms with Crippen molar-refractivity contribution in [3.63, 3.8) is 0 Å². The number of rotatable bonds is 3. The summed E-state index contributed by atoms with van der Waals surface area (Å²) < 4.78 is 81.3. The molecule has 0 saturated heterocycles. The van der Waals surface area contributed by atoms with Gasteiger partial charge in [0.15, 0.2) is 0 Å². The minimum Gasteiger partial charge on any atom is -0.415 e. The number of benzene rings is 2. The van der Waals surface area contributed by atoms with Crippen LogP contribution in [0.25, 0.3) is 16.9 Å². The molecule has 3 rings (SSSR count). The average molecular weight is 416 g/mol. The maximum absolute atomic E-state index is 14.1. The summed E-state index contributed by atoms with van der Waals surface area (Å²) in [7, 11) is -4.29. The van der Waals surface area contributed by atoms with Gasteiger partial charge in [0.25, 0.3) is 0 Å². The summed E-state index contributed by atoms with van der Waals surface area (Å²) in [5.74, 6) is -2.06. The van der Waals surface area contributed by atoms with E-state index in [4.69, 9.17) is 9.56 Å². The van der Waals surface area contributed by atoms with Crippen LogP contribution in [-0.2, 0) is 16.2 Å². The molecule has 11 heteroatoms. The highest BCUT2D eigenvalue weighted by Gasteiger charge is 2.32. The van der Waals surface area contributed by atoms with E-state index in [9.17, 15) is 30.8 Å². The lowest BCUT2D eigenvalue weighted by Crippen LogP contribution is -2.15. The van der Waals surface area contributed by atoms with Gasteiger partial charge in [-0.15, -0.1) is 0 Å². The van der Waals surface area contributed by atoms with Crippen molar-refractivity contribution in [3.8, 4) is 16.9 Å². The summed E-state index contributed by atoms with van der Waals surface area (Å²) in [6.45, 7) is 1.23. The monoisotopic (exact) mass is 416 g/mol. The van der Waals surface area contributed by atoms with Crippen molar-refractivity contribution in [3.05, 3.63) is 70.2 Å². The van der Waals surface area contributed by atoms with Crippen molar-refractivity contribution < 1.29 is 30.4 Å². The Balaban J connectivity index is 2.16. The summed E-state index contributed by atoms with van der Waals surface area (Å²) >= 11 is 0. The second-order valence-electron chi connectivity index (χ2n) is 5.91. The van der Waals surface area contributed by atoms with Crippen molar-refractivity contribution in [1.29, 1.82) is 0 Å². The number of oxazole rings is 1. The molecule has 2 aromatic carbocycles. The van der Waals surface area contributed by atoms with Gasteiger partial charge in [-0.2, -0.15) is 13.2 Å². The number of primary sulfonamides is 1. The van der Waals surface area contributed by atoms with Crippen LogP contribution in [0.3, 0.4) is 0 Å². The minimum absolute atomic E-state index is 0.0176. The van der Waals surface area contributed by atoms with Crippen molar-refractivity contribution in [2.45, 2.75) is 18.0 Å². The molecule has 0 bridgehead atoms. The average Bonchev–Trinajstić information content (AvgIpc) is 2.93. The lowest BCUT2D eigenvalue weighted by Gasteiger charge is -2.13. The minimum atomic E-state index is -4.56. The Bertz CT molecular complexity index is 1230. The molecule has 2 N–H and O–H groups in total. The molecule has 0 saturated carbocycles. The van der Waals surface area contributed by atoms with Gasteiger partial charge in [0.1, 0.15) is 17.0 Å². The fourth-order valence-corrected chi connectivity index (χ4v) is 3.34. The molecule has 0 aliphatic carbocycles. The number of sulfonamides is 1. The Morgan fingerprint density at radius 3 is 2.32 bits per heavy atom. The molecule has 1 heterocycles. The van der Waals surface area contributed by atoms with Crippen LogP contribution >= 0.6 is 0 Å². The largest absolute Gasteiger partial charge is 0.424 e. The van der Waals surface area contributed by atoms with Gasteiger partial charge in [0.05, 0.1) is 16.9 Å². The van der Waals surface area contributed by atoms with E-state index in [1.54, 1.807) is 0 Å². The Kier molecular flexibility index (Phi) is 4.68. The predicted octanol–water partition coefficient (Wildman–Crippen LogP) is 3.21. The molecular weight excluding hydrogens is 404 g/mol. The molecule has 3 aromatic rings. The highest BCUT2D eigenvalue weighted by molar-refractivity contribution is 7.89. The zero-order valence-corrected chi connectivity index (χ0v) is 14.9. The Morgan fingerprint density at radius 2 is 1.79 bits per heavy atom. The molecule has 148 valence electrons. The number of halogens is 4. The van der Waals surface area contributed by atoms with E-state index in [2.05, 4.69) is 0 Å². The molecule has 0 aliphatic rings. The third kappa shape index (κ3) is 3.58. The van der Waals surface area contributed by atoms with Crippen LogP contribution in [0.2, 0.25) is 0 Å². The zero-order valence-electron chi connectivity index (χ0n) is 14.1. The van der Waals surface area contributed by atoms with Crippen LogP contribution in [0.15, 0.2) is 56.8 Å². The van der Waals surface area contributed by atoms with Gasteiger partial charge in [0.2, 0.25) is 10.0 Å². The zero-order chi connectivity index (χ0) is 20.9. The molecule has 0 unspecified atom stereocenters. The molecule has 0 amide bonds. The SMILES string of the molecule is Cc1cc(-n2c(-c3ccc(S(N)(=O)=O)c(F)c3)coc2=O)ccc1C(F)(F)F. The summed E-state index contributed by atoms with van der Waals surface area (Å²) in [6.07, 6.45) is -3.57. The van der Waals surface area contributed by atoms with E-state index in [0.717, 1.165) is 41.2 Å². The van der Waals surface area contributed by atoms with Crippen LogP contribution in [0, 0.1) is 12.7 Å². The number of alkyl halides is 3. The number of aromatic nitrogens is 1. The molecule has 6 nitrogen and oxygen atoms in total. The van der Waals surface area contributed by atoms with E-state index in [1.165, 1.54) is 13.0 Å². The molecule has 0 atom stereocenters. The number of nitrogens with zero attached hydrogens (tertiary/aromatic N) is 1. The highest BCUT2D eigenvalue weighted by atomic mass is 32.2. The van der Waals surface area contributed by atoms with Gasteiger partial charge in [-0.05, 0) is 42.8 Å². The lowest BCUT2D eigenvalue weighted by molar-refractivity contribution is -0.138. The molecule has 0 radical (unpaired) electrons. The van der Waals surface area contributed by atoms with Crippen LogP contribution in [0.1, 0.15) is 11.1 Å². The van der Waals surface area contributed by atoms with Gasteiger partial charge in [0, 0.05) is 5.56 Å². The maximum atomic E-state index is 14.1. The maximum Gasteiger partial charge on any atom is 0.424 e. The van der Waals surface area contributed by atoms with Crippen molar-refractivity contribution in [1.82, 2.24) is 4.57 Å². The Labute approximate surface area is 155 Å². The summed E-state index contributed by atoms with van der Waals surface area (Å²) in [6, 6.07) is 5.97. The summed E-state index contributed by atoms with van der Waals surface area (Å²) in [4.78, 5) is 11.3. The first-order chi connectivity index (χ1) is 12.9. The number of aryl methyl sites for hydroxylation is 1. The van der Waals surface area contributed by atoms with Gasteiger partial charge in [-0.1, -0.05) is 6.07 Å². The number of nitrogens with two attached hydrogens (primary N) is 1. The molecule has 1 aromatic heterocycles. The fourth-order valence-electron chi connectivity index (χ4n) is 2.75. The third-order valence-corrected chi connectivity index (χ3v) is 4.95. The van der Waals surface area contributed by atoms with Crippen molar-refractivity contribution in [2.75, 3.05) is 0 Å². The second-order valence-corrected chi connectivity index (χ2v) is 7.44. The summed E-state index contributed by atoms with van der Waals surface area (Å²) in [5.41, 5.74) is -0.842. The van der Waals surface area contributed by atoms with E-state index in [1.807, 2.05) is 0 Å². The third-order valence-electron chi connectivity index (χ3n) is 4.00. The van der Waals surface area contributed by atoms with Crippen LogP contribution < -0.4 is 10.9 Å². The number of hydrogen-bond donors (Lipinski definition) is 1.